The zero-order valence-electron chi connectivity index (χ0n) is 12.2. The summed E-state index contributed by atoms with van der Waals surface area (Å²) in [6, 6.07) is 11.2. The van der Waals surface area contributed by atoms with E-state index >= 15 is 0 Å². The lowest BCUT2D eigenvalue weighted by Crippen LogP contribution is -2.42. The van der Waals surface area contributed by atoms with E-state index in [9.17, 15) is 4.79 Å². The summed E-state index contributed by atoms with van der Waals surface area (Å²) < 4.78 is 1.96. The van der Waals surface area contributed by atoms with E-state index in [4.69, 9.17) is 28.2 Å². The Morgan fingerprint density at radius 1 is 1.04 bits per heavy atom. The fourth-order valence-corrected chi connectivity index (χ4v) is 3.05. The number of benzene rings is 1. The number of hydrogen-bond donors (Lipinski definition) is 0. The second kappa shape index (κ2) is 5.55. The van der Waals surface area contributed by atoms with Gasteiger partial charge in [0.25, 0.3) is 0 Å². The van der Waals surface area contributed by atoms with E-state index in [0.29, 0.717) is 23.0 Å². The summed E-state index contributed by atoms with van der Waals surface area (Å²) in [5, 5.41) is 1.31. The zero-order chi connectivity index (χ0) is 16.0. The molecule has 0 aliphatic carbocycles. The zero-order valence-corrected chi connectivity index (χ0v) is 13.7. The molecule has 1 aliphatic rings. The number of rotatable bonds is 3. The number of carbonyl (C=O) groups excluding carboxylic acids is 1. The number of nitrogens with zero attached hydrogens (tertiary/aromatic N) is 3. The number of β-lactam (4-membered cyclic amide) rings is 1. The quantitative estimate of drug-likeness (QED) is 0.671. The van der Waals surface area contributed by atoms with Gasteiger partial charge in [0, 0.05) is 29.7 Å². The van der Waals surface area contributed by atoms with Gasteiger partial charge in [-0.1, -0.05) is 35.3 Å². The average molecular weight is 346 g/mol. The maximum atomic E-state index is 11.7. The normalized spacial score (nSPS) is 14.3. The highest BCUT2D eigenvalue weighted by Gasteiger charge is 2.26. The van der Waals surface area contributed by atoms with Gasteiger partial charge in [0.2, 0.25) is 5.91 Å². The number of aromatic nitrogens is 2. The third-order valence-electron chi connectivity index (χ3n) is 4.09. The summed E-state index contributed by atoms with van der Waals surface area (Å²) in [4.78, 5) is 18.2. The smallest absolute Gasteiger partial charge is 0.224 e. The molecule has 3 heterocycles. The van der Waals surface area contributed by atoms with E-state index < -0.39 is 0 Å². The van der Waals surface area contributed by atoms with Gasteiger partial charge in [0.05, 0.1) is 23.0 Å². The van der Waals surface area contributed by atoms with Crippen molar-refractivity contribution in [3.8, 4) is 11.3 Å². The number of hydrogen-bond acceptors (Lipinski definition) is 2. The second-order valence-corrected chi connectivity index (χ2v) is 6.43. The number of likely N-dealkylation sites (tertiary alicyclic amines) is 1. The van der Waals surface area contributed by atoms with Crippen LogP contribution < -0.4 is 0 Å². The molecule has 0 radical (unpaired) electrons. The number of carbonyl (C=O) groups is 1. The van der Waals surface area contributed by atoms with Crippen LogP contribution in [0.4, 0.5) is 0 Å². The Kier molecular flexibility index (Phi) is 3.51. The minimum atomic E-state index is 0.170. The van der Waals surface area contributed by atoms with Crippen molar-refractivity contribution in [1.82, 2.24) is 14.3 Å². The summed E-state index contributed by atoms with van der Waals surface area (Å²) in [6.07, 6.45) is 2.46. The SMILES string of the molecule is O=C1CCN1Cc1c(-c2ccc(Cl)cc2)nc2ccc(Cl)cn12. The molecular weight excluding hydrogens is 333 g/mol. The number of fused-ring (bicyclic) bond motifs is 1. The molecule has 1 aromatic carbocycles. The van der Waals surface area contributed by atoms with E-state index in [1.165, 1.54) is 0 Å². The van der Waals surface area contributed by atoms with E-state index in [2.05, 4.69) is 0 Å². The van der Waals surface area contributed by atoms with Gasteiger partial charge in [-0.2, -0.15) is 0 Å². The first-order valence-corrected chi connectivity index (χ1v) is 8.07. The molecule has 4 rings (SSSR count). The molecule has 0 unspecified atom stereocenters. The van der Waals surface area contributed by atoms with Gasteiger partial charge in [-0.3, -0.25) is 4.79 Å². The fraction of sp³-hybridized carbons (Fsp3) is 0.176. The summed E-state index contributed by atoms with van der Waals surface area (Å²) >= 11 is 12.1. The Morgan fingerprint density at radius 2 is 1.78 bits per heavy atom. The molecule has 0 N–H and O–H groups in total. The predicted molar refractivity (Wildman–Crippen MR) is 90.7 cm³/mol. The van der Waals surface area contributed by atoms with Crippen LogP contribution in [-0.4, -0.2) is 26.7 Å². The number of halogens is 2. The van der Waals surface area contributed by atoms with Crippen molar-refractivity contribution in [1.29, 1.82) is 0 Å². The van der Waals surface area contributed by atoms with Crippen LogP contribution in [0.3, 0.4) is 0 Å². The molecule has 1 fully saturated rings. The summed E-state index contributed by atoms with van der Waals surface area (Å²) in [7, 11) is 0. The molecule has 0 atom stereocenters. The lowest BCUT2D eigenvalue weighted by molar-refractivity contribution is -0.140. The first kappa shape index (κ1) is 14.5. The Hall–Kier alpha value is -2.04. The highest BCUT2D eigenvalue weighted by atomic mass is 35.5. The third kappa shape index (κ3) is 2.58. The van der Waals surface area contributed by atoms with Crippen LogP contribution in [0.2, 0.25) is 10.0 Å². The lowest BCUT2D eigenvalue weighted by atomic mass is 10.1. The van der Waals surface area contributed by atoms with Crippen molar-refractivity contribution in [2.24, 2.45) is 0 Å². The topological polar surface area (TPSA) is 37.6 Å². The van der Waals surface area contributed by atoms with E-state index in [-0.39, 0.29) is 5.91 Å². The van der Waals surface area contributed by atoms with Gasteiger partial charge in [-0.05, 0) is 24.3 Å². The third-order valence-corrected chi connectivity index (χ3v) is 4.56. The predicted octanol–water partition coefficient (Wildman–Crippen LogP) is 4.04. The van der Waals surface area contributed by atoms with Crippen molar-refractivity contribution in [2.75, 3.05) is 6.54 Å². The maximum Gasteiger partial charge on any atom is 0.224 e. The van der Waals surface area contributed by atoms with E-state index in [0.717, 1.165) is 29.1 Å². The van der Waals surface area contributed by atoms with Gasteiger partial charge < -0.3 is 9.30 Å². The molecule has 116 valence electrons. The molecule has 2 aromatic heterocycles. The minimum absolute atomic E-state index is 0.170. The van der Waals surface area contributed by atoms with Crippen LogP contribution in [-0.2, 0) is 11.3 Å². The lowest BCUT2D eigenvalue weighted by Gasteiger charge is -2.30. The molecule has 0 spiro atoms. The van der Waals surface area contributed by atoms with Crippen molar-refractivity contribution in [3.63, 3.8) is 0 Å². The van der Waals surface area contributed by atoms with Gasteiger partial charge >= 0.3 is 0 Å². The number of imidazole rings is 1. The highest BCUT2D eigenvalue weighted by molar-refractivity contribution is 6.30. The van der Waals surface area contributed by atoms with E-state index in [1.807, 2.05) is 51.9 Å². The van der Waals surface area contributed by atoms with Crippen molar-refractivity contribution in [3.05, 3.63) is 58.3 Å². The minimum Gasteiger partial charge on any atom is -0.336 e. The molecule has 1 amide bonds. The summed E-state index contributed by atoms with van der Waals surface area (Å²) in [5.74, 6) is 0.170. The number of pyridine rings is 1. The van der Waals surface area contributed by atoms with Crippen LogP contribution >= 0.6 is 23.2 Å². The molecule has 4 nitrogen and oxygen atoms in total. The molecular formula is C17H13Cl2N3O. The van der Waals surface area contributed by atoms with Crippen LogP contribution in [0.1, 0.15) is 12.1 Å². The molecule has 0 saturated carbocycles. The fourth-order valence-electron chi connectivity index (χ4n) is 2.77. The maximum absolute atomic E-state index is 11.7. The Bertz CT molecular complexity index is 902. The highest BCUT2D eigenvalue weighted by Crippen LogP contribution is 2.29. The van der Waals surface area contributed by atoms with Crippen molar-refractivity contribution in [2.45, 2.75) is 13.0 Å². The van der Waals surface area contributed by atoms with Gasteiger partial charge in [-0.15, -0.1) is 0 Å². The van der Waals surface area contributed by atoms with Gasteiger partial charge in [-0.25, -0.2) is 4.98 Å². The number of amides is 1. The largest absolute Gasteiger partial charge is 0.336 e. The molecule has 1 saturated heterocycles. The van der Waals surface area contributed by atoms with E-state index in [1.54, 1.807) is 0 Å². The van der Waals surface area contributed by atoms with Crippen LogP contribution in [0.25, 0.3) is 16.9 Å². The standard InChI is InChI=1S/C17H13Cl2N3O/c18-12-3-1-11(2-4-12)17-14(10-21-8-7-16(21)23)22-9-13(19)5-6-15(22)20-17/h1-6,9H,7-8,10H2. The first-order chi connectivity index (χ1) is 11.1. The van der Waals surface area contributed by atoms with Crippen molar-refractivity contribution >= 4 is 34.8 Å². The van der Waals surface area contributed by atoms with Crippen molar-refractivity contribution < 1.29 is 4.79 Å². The van der Waals surface area contributed by atoms with Gasteiger partial charge in [0.1, 0.15) is 5.65 Å². The monoisotopic (exact) mass is 345 g/mol. The first-order valence-electron chi connectivity index (χ1n) is 7.32. The van der Waals surface area contributed by atoms with Crippen LogP contribution in [0.15, 0.2) is 42.6 Å². The molecule has 23 heavy (non-hydrogen) atoms. The summed E-state index contributed by atoms with van der Waals surface area (Å²) in [6.45, 7) is 1.31. The van der Waals surface area contributed by atoms with Gasteiger partial charge in [0.15, 0.2) is 0 Å². The van der Waals surface area contributed by atoms with Crippen LogP contribution in [0.5, 0.6) is 0 Å². The Balaban J connectivity index is 1.87. The Labute approximate surface area is 143 Å². The molecule has 0 bridgehead atoms. The molecule has 3 aromatic rings. The summed E-state index contributed by atoms with van der Waals surface area (Å²) in [5.41, 5.74) is 3.58. The average Bonchev–Trinajstić information content (AvgIpc) is 2.89. The molecule has 6 heteroatoms. The second-order valence-electron chi connectivity index (χ2n) is 5.55. The Morgan fingerprint density at radius 3 is 2.43 bits per heavy atom. The van der Waals surface area contributed by atoms with Crippen LogP contribution in [0, 0.1) is 0 Å². The molecule has 1 aliphatic heterocycles.